The first-order chi connectivity index (χ1) is 20.8. The predicted octanol–water partition coefficient (Wildman–Crippen LogP) is 7.47. The van der Waals surface area contributed by atoms with Crippen molar-refractivity contribution >= 4 is 5.97 Å². The van der Waals surface area contributed by atoms with Crippen LogP contribution in [0.15, 0.2) is 84.9 Å². The van der Waals surface area contributed by atoms with E-state index in [9.17, 15) is 9.90 Å². The predicted molar refractivity (Wildman–Crippen MR) is 174 cm³/mol. The maximum Gasteiger partial charge on any atom is 0.308 e. The molecule has 234 valence electrons. The van der Waals surface area contributed by atoms with E-state index in [0.29, 0.717) is 37.9 Å². The summed E-state index contributed by atoms with van der Waals surface area (Å²) in [4.78, 5) is 12.9. The second-order valence-corrected chi connectivity index (χ2v) is 12.2. The molecule has 0 aliphatic heterocycles. The SMILES string of the molecule is CCC(C)CC(CC(CC(C)C(=O)OC)(c1ccccc1)c1ccc(CCCOCCC(O)CO)cc1)c1ccccc1. The van der Waals surface area contributed by atoms with Gasteiger partial charge in [0.1, 0.15) is 0 Å². The number of carbonyl (C=O) groups is 1. The Bertz CT molecular complexity index is 1180. The van der Waals surface area contributed by atoms with Gasteiger partial charge >= 0.3 is 5.97 Å². The molecule has 0 bridgehead atoms. The molecule has 5 heteroatoms. The van der Waals surface area contributed by atoms with Gasteiger partial charge in [-0.15, -0.1) is 0 Å². The van der Waals surface area contributed by atoms with Gasteiger partial charge < -0.3 is 19.7 Å². The molecule has 0 saturated carbocycles. The lowest BCUT2D eigenvalue weighted by atomic mass is 9.63. The molecule has 0 amide bonds. The Labute approximate surface area is 259 Å². The molecule has 3 rings (SSSR count). The Morgan fingerprint density at radius 3 is 2.09 bits per heavy atom. The number of esters is 1. The standard InChI is InChI=1S/C38H52O5/c1-5-29(2)25-33(32-14-8-6-9-15-32)27-38(26-30(3)37(41)42-4,34-16-10-7-11-17-34)35-20-18-31(19-21-35)13-12-23-43-24-22-36(40)28-39/h6-11,14-21,29-30,33,36,39-40H,5,12-13,22-28H2,1-4H3. The fourth-order valence-electron chi connectivity index (χ4n) is 6.20. The topological polar surface area (TPSA) is 76.0 Å². The van der Waals surface area contributed by atoms with Crippen LogP contribution in [0, 0.1) is 11.8 Å². The number of hydrogen-bond acceptors (Lipinski definition) is 5. The van der Waals surface area contributed by atoms with Crippen LogP contribution in [0.1, 0.15) is 87.5 Å². The monoisotopic (exact) mass is 588 g/mol. The number of methoxy groups -OCH3 is 1. The fraction of sp³-hybridized carbons (Fsp3) is 0.500. The maximum absolute atomic E-state index is 12.9. The van der Waals surface area contributed by atoms with Crippen molar-refractivity contribution in [2.24, 2.45) is 11.8 Å². The minimum Gasteiger partial charge on any atom is -0.469 e. The average molecular weight is 589 g/mol. The second kappa shape index (κ2) is 18.0. The minimum atomic E-state index is -0.717. The lowest BCUT2D eigenvalue weighted by Gasteiger charge is -2.40. The zero-order valence-electron chi connectivity index (χ0n) is 26.6. The summed E-state index contributed by atoms with van der Waals surface area (Å²) in [5, 5.41) is 18.4. The second-order valence-electron chi connectivity index (χ2n) is 12.2. The normalized spacial score (nSPS) is 15.7. The van der Waals surface area contributed by atoms with Crippen molar-refractivity contribution in [2.45, 2.75) is 83.2 Å². The molecule has 2 N–H and O–H groups in total. The Hall–Kier alpha value is -2.99. The van der Waals surface area contributed by atoms with E-state index in [-0.39, 0.29) is 18.5 Å². The van der Waals surface area contributed by atoms with Crippen molar-refractivity contribution in [1.29, 1.82) is 0 Å². The molecule has 0 fully saturated rings. The summed E-state index contributed by atoms with van der Waals surface area (Å²) < 4.78 is 10.9. The number of carbonyl (C=O) groups excluding carboxylic acids is 1. The van der Waals surface area contributed by atoms with Gasteiger partial charge in [0.25, 0.3) is 0 Å². The fourth-order valence-corrected chi connectivity index (χ4v) is 6.20. The summed E-state index contributed by atoms with van der Waals surface area (Å²) in [5.41, 5.74) is 4.64. The Morgan fingerprint density at radius 2 is 1.49 bits per heavy atom. The molecule has 0 saturated heterocycles. The van der Waals surface area contributed by atoms with Crippen LogP contribution in [0.3, 0.4) is 0 Å². The van der Waals surface area contributed by atoms with Crippen molar-refractivity contribution in [2.75, 3.05) is 26.9 Å². The Morgan fingerprint density at radius 1 is 0.860 bits per heavy atom. The van der Waals surface area contributed by atoms with E-state index in [1.165, 1.54) is 29.4 Å². The summed E-state index contributed by atoms with van der Waals surface area (Å²) >= 11 is 0. The maximum atomic E-state index is 12.9. The third-order valence-corrected chi connectivity index (χ3v) is 8.90. The zero-order chi connectivity index (χ0) is 31.1. The number of aryl methyl sites for hydroxylation is 1. The van der Waals surface area contributed by atoms with E-state index in [4.69, 9.17) is 14.6 Å². The highest BCUT2D eigenvalue weighted by Gasteiger charge is 2.40. The molecule has 3 aromatic rings. The largest absolute Gasteiger partial charge is 0.469 e. The van der Waals surface area contributed by atoms with Gasteiger partial charge in [-0.2, -0.15) is 0 Å². The number of hydrogen-bond donors (Lipinski definition) is 2. The van der Waals surface area contributed by atoms with Crippen LogP contribution >= 0.6 is 0 Å². The van der Waals surface area contributed by atoms with Crippen LogP contribution in [0.4, 0.5) is 0 Å². The molecular weight excluding hydrogens is 536 g/mol. The first-order valence-corrected chi connectivity index (χ1v) is 16.0. The van der Waals surface area contributed by atoms with Gasteiger partial charge in [-0.25, -0.2) is 0 Å². The van der Waals surface area contributed by atoms with E-state index in [0.717, 1.165) is 32.1 Å². The Balaban J connectivity index is 1.97. The number of rotatable bonds is 19. The Kier molecular flexibility index (Phi) is 14.4. The molecule has 0 radical (unpaired) electrons. The highest BCUT2D eigenvalue weighted by atomic mass is 16.5. The molecule has 0 aliphatic carbocycles. The van der Waals surface area contributed by atoms with Crippen molar-refractivity contribution in [1.82, 2.24) is 0 Å². The molecule has 0 spiro atoms. The number of benzene rings is 3. The van der Waals surface area contributed by atoms with E-state index in [1.54, 1.807) is 0 Å². The number of aliphatic hydroxyl groups excluding tert-OH is 2. The van der Waals surface area contributed by atoms with Crippen LogP contribution in [-0.4, -0.2) is 49.2 Å². The lowest BCUT2D eigenvalue weighted by Crippen LogP contribution is -2.35. The summed E-state index contributed by atoms with van der Waals surface area (Å²) in [6, 6.07) is 30.5. The highest BCUT2D eigenvalue weighted by molar-refractivity contribution is 5.72. The van der Waals surface area contributed by atoms with Crippen molar-refractivity contribution < 1.29 is 24.5 Å². The molecule has 3 aromatic carbocycles. The summed E-state index contributed by atoms with van der Waals surface area (Å²) in [5.74, 6) is 0.448. The van der Waals surface area contributed by atoms with Gasteiger partial charge in [-0.1, -0.05) is 112 Å². The number of ether oxygens (including phenoxy) is 2. The van der Waals surface area contributed by atoms with Crippen molar-refractivity contribution in [3.8, 4) is 0 Å². The van der Waals surface area contributed by atoms with Crippen LogP contribution in [0.25, 0.3) is 0 Å². The molecule has 43 heavy (non-hydrogen) atoms. The molecule has 5 nitrogen and oxygen atoms in total. The third-order valence-electron chi connectivity index (χ3n) is 8.90. The first-order valence-electron chi connectivity index (χ1n) is 16.0. The first kappa shape index (κ1) is 34.5. The smallest absolute Gasteiger partial charge is 0.308 e. The van der Waals surface area contributed by atoms with Gasteiger partial charge in [-0.05, 0) is 72.6 Å². The van der Waals surface area contributed by atoms with Crippen LogP contribution in [0.2, 0.25) is 0 Å². The van der Waals surface area contributed by atoms with E-state index in [1.807, 2.05) is 6.92 Å². The molecule has 0 aliphatic rings. The van der Waals surface area contributed by atoms with Crippen LogP contribution < -0.4 is 0 Å². The van der Waals surface area contributed by atoms with Crippen LogP contribution in [-0.2, 0) is 26.1 Å². The van der Waals surface area contributed by atoms with E-state index < -0.39 is 11.5 Å². The van der Waals surface area contributed by atoms with Crippen molar-refractivity contribution in [3.05, 3.63) is 107 Å². The number of aliphatic hydroxyl groups is 2. The van der Waals surface area contributed by atoms with Crippen molar-refractivity contribution in [3.63, 3.8) is 0 Å². The van der Waals surface area contributed by atoms with Gasteiger partial charge in [0.15, 0.2) is 0 Å². The summed E-state index contributed by atoms with van der Waals surface area (Å²) in [6.45, 7) is 7.41. The van der Waals surface area contributed by atoms with E-state index >= 15 is 0 Å². The summed E-state index contributed by atoms with van der Waals surface area (Å²) in [6.07, 6.45) is 5.24. The average Bonchev–Trinajstić information content (AvgIpc) is 3.05. The molecule has 0 heterocycles. The minimum absolute atomic E-state index is 0.179. The van der Waals surface area contributed by atoms with Gasteiger partial charge in [0.05, 0.1) is 25.7 Å². The molecular formula is C38H52O5. The van der Waals surface area contributed by atoms with Gasteiger partial charge in [0.2, 0.25) is 0 Å². The molecule has 0 aromatic heterocycles. The van der Waals surface area contributed by atoms with Crippen LogP contribution in [0.5, 0.6) is 0 Å². The highest BCUT2D eigenvalue weighted by Crippen LogP contribution is 2.47. The molecule has 5 atom stereocenters. The van der Waals surface area contributed by atoms with E-state index in [2.05, 4.69) is 98.8 Å². The third kappa shape index (κ3) is 10.3. The van der Waals surface area contributed by atoms with Gasteiger partial charge in [0, 0.05) is 18.6 Å². The lowest BCUT2D eigenvalue weighted by molar-refractivity contribution is -0.145. The zero-order valence-corrected chi connectivity index (χ0v) is 26.6. The quantitative estimate of drug-likeness (QED) is 0.112. The molecule has 5 unspecified atom stereocenters. The van der Waals surface area contributed by atoms with Gasteiger partial charge in [-0.3, -0.25) is 4.79 Å². The summed E-state index contributed by atoms with van der Waals surface area (Å²) in [7, 11) is 1.48.